The molecule has 0 aliphatic rings. The van der Waals surface area contributed by atoms with Gasteiger partial charge in [0, 0.05) is 11.8 Å². The zero-order chi connectivity index (χ0) is 23.5. The van der Waals surface area contributed by atoms with E-state index in [-0.39, 0.29) is 12.3 Å². The molecule has 2 aromatic carbocycles. The van der Waals surface area contributed by atoms with Gasteiger partial charge >= 0.3 is 5.97 Å². The molecule has 0 saturated carbocycles. The molecule has 0 bridgehead atoms. The maximum Gasteiger partial charge on any atom is 0.344 e. The fourth-order valence-corrected chi connectivity index (χ4v) is 3.52. The second-order valence-electron chi connectivity index (χ2n) is 7.50. The molecule has 33 heavy (non-hydrogen) atoms. The van der Waals surface area contributed by atoms with Gasteiger partial charge in [0.1, 0.15) is 28.7 Å². The summed E-state index contributed by atoms with van der Waals surface area (Å²) in [6.45, 7) is 3.46. The van der Waals surface area contributed by atoms with Crippen LogP contribution in [0.25, 0.3) is 11.0 Å². The molecule has 0 spiro atoms. The van der Waals surface area contributed by atoms with Crippen LogP contribution in [0.3, 0.4) is 0 Å². The van der Waals surface area contributed by atoms with E-state index >= 15 is 0 Å². The smallest absolute Gasteiger partial charge is 0.344 e. The van der Waals surface area contributed by atoms with Crippen LogP contribution in [-0.2, 0) is 11.3 Å². The SMILES string of the molecule is COc1ccc(Oc2c(C)n(Cc3cc(O[C@@H](C)C(=O)O)ccc3F)c3ncccc23)cc1. The van der Waals surface area contributed by atoms with E-state index in [1.165, 1.54) is 25.1 Å². The lowest BCUT2D eigenvalue weighted by Gasteiger charge is -2.14. The number of carboxylic acid groups (broad SMARTS) is 1. The Morgan fingerprint density at radius 1 is 1.12 bits per heavy atom. The number of aliphatic carboxylic acids is 1. The predicted molar refractivity (Wildman–Crippen MR) is 121 cm³/mol. The number of carbonyl (C=O) groups is 1. The standard InChI is InChI=1S/C25H23FN2O5/c1-15-23(33-19-8-6-18(31-3)7-9-19)21-5-4-12-27-24(21)28(15)14-17-13-20(10-11-22(17)26)32-16(2)25(29)30/h4-13,16H,14H2,1-3H3,(H,29,30)/t16-/m0/s1. The Morgan fingerprint density at radius 3 is 2.52 bits per heavy atom. The molecule has 2 heterocycles. The number of ether oxygens (including phenoxy) is 3. The molecule has 0 fully saturated rings. The van der Waals surface area contributed by atoms with Gasteiger partial charge in [0.15, 0.2) is 11.9 Å². The van der Waals surface area contributed by atoms with Gasteiger partial charge in [0.05, 0.1) is 24.7 Å². The highest BCUT2D eigenvalue weighted by Crippen LogP contribution is 2.36. The summed E-state index contributed by atoms with van der Waals surface area (Å²) in [6.07, 6.45) is 0.614. The fraction of sp³-hybridized carbons (Fsp3) is 0.200. The summed E-state index contributed by atoms with van der Waals surface area (Å²) in [4.78, 5) is 15.6. The van der Waals surface area contributed by atoms with Crippen LogP contribution in [-0.4, -0.2) is 33.8 Å². The Morgan fingerprint density at radius 2 is 1.82 bits per heavy atom. The molecule has 0 radical (unpaired) electrons. The van der Waals surface area contributed by atoms with Gasteiger partial charge in [-0.2, -0.15) is 0 Å². The Balaban J connectivity index is 1.70. The third-order valence-corrected chi connectivity index (χ3v) is 5.31. The van der Waals surface area contributed by atoms with Crippen molar-refractivity contribution in [2.75, 3.05) is 7.11 Å². The predicted octanol–water partition coefficient (Wildman–Crippen LogP) is 5.18. The van der Waals surface area contributed by atoms with Crippen LogP contribution in [0.1, 0.15) is 18.2 Å². The molecule has 1 N–H and O–H groups in total. The minimum Gasteiger partial charge on any atom is -0.497 e. The molecule has 0 aliphatic carbocycles. The van der Waals surface area contributed by atoms with Crippen LogP contribution >= 0.6 is 0 Å². The van der Waals surface area contributed by atoms with E-state index in [9.17, 15) is 9.18 Å². The van der Waals surface area contributed by atoms with Gasteiger partial charge in [-0.3, -0.25) is 0 Å². The van der Waals surface area contributed by atoms with Crippen LogP contribution in [0, 0.1) is 12.7 Å². The monoisotopic (exact) mass is 450 g/mol. The Hall–Kier alpha value is -4.07. The maximum atomic E-state index is 14.7. The summed E-state index contributed by atoms with van der Waals surface area (Å²) in [5.74, 6) is 0.718. The van der Waals surface area contributed by atoms with Gasteiger partial charge < -0.3 is 23.9 Å². The lowest BCUT2D eigenvalue weighted by molar-refractivity contribution is -0.144. The molecule has 2 aromatic heterocycles. The number of halogens is 1. The third kappa shape index (κ3) is 4.59. The number of aromatic nitrogens is 2. The Bertz CT molecular complexity index is 1300. The van der Waals surface area contributed by atoms with Crippen molar-refractivity contribution in [3.63, 3.8) is 0 Å². The minimum absolute atomic E-state index is 0.163. The first-order chi connectivity index (χ1) is 15.9. The second-order valence-corrected chi connectivity index (χ2v) is 7.50. The zero-order valence-corrected chi connectivity index (χ0v) is 18.4. The molecule has 0 aliphatic heterocycles. The van der Waals surface area contributed by atoms with Gasteiger partial charge in [0.2, 0.25) is 0 Å². The third-order valence-electron chi connectivity index (χ3n) is 5.31. The number of pyridine rings is 1. The molecule has 7 nitrogen and oxygen atoms in total. The largest absolute Gasteiger partial charge is 0.497 e. The van der Waals surface area contributed by atoms with E-state index in [1.54, 1.807) is 25.4 Å². The van der Waals surface area contributed by atoms with Gasteiger partial charge in [-0.1, -0.05) is 0 Å². The van der Waals surface area contributed by atoms with Gasteiger partial charge in [0.25, 0.3) is 0 Å². The average molecular weight is 450 g/mol. The number of nitrogens with zero attached hydrogens (tertiary/aromatic N) is 2. The number of carboxylic acids is 1. The summed E-state index contributed by atoms with van der Waals surface area (Å²) >= 11 is 0. The molecular weight excluding hydrogens is 427 g/mol. The van der Waals surface area contributed by atoms with Crippen LogP contribution in [0.2, 0.25) is 0 Å². The molecule has 0 unspecified atom stereocenters. The van der Waals surface area contributed by atoms with Crippen molar-refractivity contribution in [3.05, 3.63) is 77.9 Å². The van der Waals surface area contributed by atoms with Crippen molar-refractivity contribution >= 4 is 17.0 Å². The second kappa shape index (κ2) is 9.20. The molecule has 4 aromatic rings. The normalized spacial score (nSPS) is 11.9. The minimum atomic E-state index is -1.10. The molecule has 0 saturated heterocycles. The number of hydrogen-bond donors (Lipinski definition) is 1. The number of fused-ring (bicyclic) bond motifs is 1. The van der Waals surface area contributed by atoms with Gasteiger partial charge in [-0.15, -0.1) is 0 Å². The van der Waals surface area contributed by atoms with Crippen LogP contribution in [0.15, 0.2) is 60.8 Å². The maximum absolute atomic E-state index is 14.7. The lowest BCUT2D eigenvalue weighted by Crippen LogP contribution is -2.23. The van der Waals surface area contributed by atoms with Crippen molar-refractivity contribution < 1.29 is 28.5 Å². The Kier molecular flexibility index (Phi) is 6.17. The van der Waals surface area contributed by atoms with Crippen LogP contribution < -0.4 is 14.2 Å². The number of benzene rings is 2. The molecule has 8 heteroatoms. The van der Waals surface area contributed by atoms with E-state index in [4.69, 9.17) is 19.3 Å². The lowest BCUT2D eigenvalue weighted by atomic mass is 10.2. The van der Waals surface area contributed by atoms with Gasteiger partial charge in [-0.25, -0.2) is 14.2 Å². The van der Waals surface area contributed by atoms with E-state index in [0.717, 1.165) is 16.8 Å². The van der Waals surface area contributed by atoms with Crippen LogP contribution in [0.5, 0.6) is 23.0 Å². The molecule has 170 valence electrons. The fourth-order valence-electron chi connectivity index (χ4n) is 3.52. The van der Waals surface area contributed by atoms with Gasteiger partial charge in [-0.05, 0) is 68.4 Å². The van der Waals surface area contributed by atoms with E-state index < -0.39 is 17.9 Å². The van der Waals surface area contributed by atoms with E-state index in [2.05, 4.69) is 4.98 Å². The van der Waals surface area contributed by atoms with Crippen LogP contribution in [0.4, 0.5) is 4.39 Å². The quantitative estimate of drug-likeness (QED) is 0.398. The number of methoxy groups -OCH3 is 1. The van der Waals surface area contributed by atoms with Crippen molar-refractivity contribution in [2.45, 2.75) is 26.5 Å². The highest BCUT2D eigenvalue weighted by Gasteiger charge is 2.19. The first kappa shape index (κ1) is 22.1. The molecule has 1 atom stereocenters. The van der Waals surface area contributed by atoms with Crippen molar-refractivity contribution in [1.82, 2.24) is 9.55 Å². The summed E-state index contributed by atoms with van der Waals surface area (Å²) in [6, 6.07) is 15.1. The molecule has 0 amide bonds. The first-order valence-corrected chi connectivity index (χ1v) is 10.3. The molecule has 4 rings (SSSR count). The average Bonchev–Trinajstić information content (AvgIpc) is 3.07. The number of rotatable bonds is 8. The summed E-state index contributed by atoms with van der Waals surface area (Å²) in [5.41, 5.74) is 1.75. The van der Waals surface area contributed by atoms with Crippen molar-refractivity contribution in [3.8, 4) is 23.0 Å². The van der Waals surface area contributed by atoms with E-state index in [1.807, 2.05) is 35.8 Å². The zero-order valence-electron chi connectivity index (χ0n) is 18.4. The summed E-state index contributed by atoms with van der Waals surface area (Å²) < 4.78 is 33.3. The highest BCUT2D eigenvalue weighted by atomic mass is 19.1. The summed E-state index contributed by atoms with van der Waals surface area (Å²) in [7, 11) is 1.60. The topological polar surface area (TPSA) is 82.8 Å². The summed E-state index contributed by atoms with van der Waals surface area (Å²) in [5, 5.41) is 9.87. The van der Waals surface area contributed by atoms with Crippen molar-refractivity contribution in [1.29, 1.82) is 0 Å². The Labute approximate surface area is 190 Å². The molecular formula is C25H23FN2O5. The van der Waals surface area contributed by atoms with Crippen molar-refractivity contribution in [2.24, 2.45) is 0 Å². The first-order valence-electron chi connectivity index (χ1n) is 10.3. The van der Waals surface area contributed by atoms with E-state index in [0.29, 0.717) is 22.7 Å². The highest BCUT2D eigenvalue weighted by molar-refractivity contribution is 5.86. The number of hydrogen-bond acceptors (Lipinski definition) is 5.